The highest BCUT2D eigenvalue weighted by molar-refractivity contribution is 7.92. The SMILES string of the molecule is Cc1ccc(S(=O)(=O)N(C)c2ccc(C(=O)NNC(=O)COc3cccc(C)c3)cc2)cc1. The molecule has 0 bridgehead atoms. The Morgan fingerprint density at radius 3 is 2.18 bits per heavy atom. The molecule has 2 amide bonds. The van der Waals surface area contributed by atoms with Gasteiger partial charge < -0.3 is 4.74 Å². The lowest BCUT2D eigenvalue weighted by Crippen LogP contribution is -2.43. The van der Waals surface area contributed by atoms with Gasteiger partial charge in [0.25, 0.3) is 21.8 Å². The number of sulfonamides is 1. The lowest BCUT2D eigenvalue weighted by molar-refractivity contribution is -0.123. The minimum Gasteiger partial charge on any atom is -0.484 e. The van der Waals surface area contributed by atoms with Gasteiger partial charge in [-0.3, -0.25) is 24.7 Å². The van der Waals surface area contributed by atoms with Crippen molar-refractivity contribution in [2.24, 2.45) is 0 Å². The number of anilines is 1. The summed E-state index contributed by atoms with van der Waals surface area (Å²) in [4.78, 5) is 24.4. The van der Waals surface area contributed by atoms with Gasteiger partial charge in [0.15, 0.2) is 6.61 Å². The van der Waals surface area contributed by atoms with Crippen molar-refractivity contribution < 1.29 is 22.7 Å². The Bertz CT molecular complexity index is 1240. The standard InChI is InChI=1S/C24H25N3O5S/c1-17-7-13-22(14-8-17)33(30,31)27(3)20-11-9-19(10-12-20)24(29)26-25-23(28)16-32-21-6-4-5-18(2)15-21/h4-15H,16H2,1-3H3,(H,25,28)(H,26,29). The largest absolute Gasteiger partial charge is 0.484 e. The van der Waals surface area contributed by atoms with Crippen LogP contribution >= 0.6 is 0 Å². The molecule has 3 aromatic rings. The summed E-state index contributed by atoms with van der Waals surface area (Å²) in [7, 11) is -2.29. The molecule has 0 fully saturated rings. The third kappa shape index (κ3) is 6.11. The average molecular weight is 468 g/mol. The van der Waals surface area contributed by atoms with Crippen LogP contribution in [0.25, 0.3) is 0 Å². The lowest BCUT2D eigenvalue weighted by atomic mass is 10.2. The summed E-state index contributed by atoms with van der Waals surface area (Å²) in [5.41, 5.74) is 7.19. The molecule has 0 spiro atoms. The van der Waals surface area contributed by atoms with Gasteiger partial charge in [-0.05, 0) is 67.9 Å². The highest BCUT2D eigenvalue weighted by Gasteiger charge is 2.21. The number of hydrogen-bond acceptors (Lipinski definition) is 5. The van der Waals surface area contributed by atoms with Gasteiger partial charge in [0.05, 0.1) is 10.6 Å². The number of hydrazine groups is 1. The van der Waals surface area contributed by atoms with Crippen molar-refractivity contribution in [3.63, 3.8) is 0 Å². The fourth-order valence-corrected chi connectivity index (χ4v) is 4.11. The van der Waals surface area contributed by atoms with Crippen molar-refractivity contribution in [2.75, 3.05) is 18.0 Å². The van der Waals surface area contributed by atoms with E-state index in [2.05, 4.69) is 10.9 Å². The second-order valence-electron chi connectivity index (χ2n) is 7.44. The maximum Gasteiger partial charge on any atom is 0.276 e. The van der Waals surface area contributed by atoms with E-state index >= 15 is 0 Å². The third-order valence-electron chi connectivity index (χ3n) is 4.85. The molecule has 0 aliphatic rings. The van der Waals surface area contributed by atoms with Crippen LogP contribution in [0.4, 0.5) is 5.69 Å². The highest BCUT2D eigenvalue weighted by atomic mass is 32.2. The predicted octanol–water partition coefficient (Wildman–Crippen LogP) is 2.97. The van der Waals surface area contributed by atoms with Crippen molar-refractivity contribution in [3.8, 4) is 5.75 Å². The van der Waals surface area contributed by atoms with Crippen LogP contribution in [-0.2, 0) is 14.8 Å². The Morgan fingerprint density at radius 1 is 0.879 bits per heavy atom. The average Bonchev–Trinajstić information content (AvgIpc) is 2.81. The number of carbonyl (C=O) groups excluding carboxylic acids is 2. The van der Waals surface area contributed by atoms with Gasteiger partial charge in [0, 0.05) is 12.6 Å². The number of ether oxygens (including phenoxy) is 1. The zero-order valence-corrected chi connectivity index (χ0v) is 19.3. The number of benzene rings is 3. The number of nitrogens with one attached hydrogen (secondary N) is 2. The third-order valence-corrected chi connectivity index (χ3v) is 6.65. The summed E-state index contributed by atoms with van der Waals surface area (Å²) in [5.74, 6) is -0.517. The van der Waals surface area contributed by atoms with Crippen molar-refractivity contribution in [1.29, 1.82) is 0 Å². The van der Waals surface area contributed by atoms with E-state index in [0.717, 1.165) is 15.4 Å². The first-order chi connectivity index (χ1) is 15.7. The molecule has 0 aliphatic heterocycles. The van der Waals surface area contributed by atoms with Crippen molar-refractivity contribution >= 4 is 27.5 Å². The summed E-state index contributed by atoms with van der Waals surface area (Å²) in [6.45, 7) is 3.53. The molecule has 0 radical (unpaired) electrons. The van der Waals surface area contributed by atoms with Crippen LogP contribution in [0.1, 0.15) is 21.5 Å². The zero-order chi connectivity index (χ0) is 24.0. The molecule has 0 aromatic heterocycles. The predicted molar refractivity (Wildman–Crippen MR) is 125 cm³/mol. The molecule has 172 valence electrons. The molecule has 3 aromatic carbocycles. The molecule has 3 rings (SSSR count). The molecule has 0 saturated carbocycles. The van der Waals surface area contributed by atoms with Gasteiger partial charge in [-0.25, -0.2) is 8.42 Å². The first kappa shape index (κ1) is 23.8. The Morgan fingerprint density at radius 2 is 1.55 bits per heavy atom. The molecule has 0 heterocycles. The fraction of sp³-hybridized carbons (Fsp3) is 0.167. The normalized spacial score (nSPS) is 10.9. The van der Waals surface area contributed by atoms with E-state index in [0.29, 0.717) is 11.4 Å². The van der Waals surface area contributed by atoms with Crippen LogP contribution in [0, 0.1) is 13.8 Å². The van der Waals surface area contributed by atoms with E-state index in [1.54, 1.807) is 36.4 Å². The number of rotatable bonds is 7. The van der Waals surface area contributed by atoms with Gasteiger partial charge in [0.2, 0.25) is 0 Å². The number of carbonyl (C=O) groups is 2. The Labute approximate surface area is 193 Å². The zero-order valence-electron chi connectivity index (χ0n) is 18.5. The molecule has 0 unspecified atom stereocenters. The molecule has 8 nitrogen and oxygen atoms in total. The van der Waals surface area contributed by atoms with E-state index in [1.807, 2.05) is 26.0 Å². The molecule has 0 atom stereocenters. The quantitative estimate of drug-likeness (QED) is 0.520. The molecule has 0 saturated heterocycles. The van der Waals surface area contributed by atoms with Crippen molar-refractivity contribution in [3.05, 3.63) is 89.5 Å². The van der Waals surface area contributed by atoms with Gasteiger partial charge >= 0.3 is 0 Å². The Hall–Kier alpha value is -3.85. The topological polar surface area (TPSA) is 105 Å². The molecule has 9 heteroatoms. The Balaban J connectivity index is 1.56. The fourth-order valence-electron chi connectivity index (χ4n) is 2.92. The second kappa shape index (κ2) is 10.2. The van der Waals surface area contributed by atoms with E-state index in [1.165, 1.54) is 31.3 Å². The minimum atomic E-state index is -3.73. The molecule has 0 aliphatic carbocycles. The maximum atomic E-state index is 12.8. The van der Waals surface area contributed by atoms with Crippen molar-refractivity contribution in [1.82, 2.24) is 10.9 Å². The van der Waals surface area contributed by atoms with Gasteiger partial charge in [-0.15, -0.1) is 0 Å². The van der Waals surface area contributed by atoms with E-state index in [-0.39, 0.29) is 17.1 Å². The van der Waals surface area contributed by atoms with Gasteiger partial charge in [0.1, 0.15) is 5.75 Å². The van der Waals surface area contributed by atoms with Crippen LogP contribution in [0.5, 0.6) is 5.75 Å². The van der Waals surface area contributed by atoms with Gasteiger partial charge in [-0.2, -0.15) is 0 Å². The van der Waals surface area contributed by atoms with E-state index < -0.39 is 21.8 Å². The van der Waals surface area contributed by atoms with Crippen molar-refractivity contribution in [2.45, 2.75) is 18.7 Å². The lowest BCUT2D eigenvalue weighted by Gasteiger charge is -2.20. The number of amides is 2. The summed E-state index contributed by atoms with van der Waals surface area (Å²) < 4.78 is 32.1. The molecular formula is C24H25N3O5S. The van der Waals surface area contributed by atoms with Gasteiger partial charge in [-0.1, -0.05) is 29.8 Å². The highest BCUT2D eigenvalue weighted by Crippen LogP contribution is 2.22. The summed E-state index contributed by atoms with van der Waals surface area (Å²) in [5, 5.41) is 0. The second-order valence-corrected chi connectivity index (χ2v) is 9.41. The molecular weight excluding hydrogens is 442 g/mol. The van der Waals surface area contributed by atoms with E-state index in [9.17, 15) is 18.0 Å². The van der Waals surface area contributed by atoms with Crippen LogP contribution in [0.2, 0.25) is 0 Å². The van der Waals surface area contributed by atoms with E-state index in [4.69, 9.17) is 4.74 Å². The summed E-state index contributed by atoms with van der Waals surface area (Å²) in [6, 6.07) is 19.8. The minimum absolute atomic E-state index is 0.174. The maximum absolute atomic E-state index is 12.8. The van der Waals surface area contributed by atoms with Crippen LogP contribution in [0.15, 0.2) is 77.7 Å². The first-order valence-corrected chi connectivity index (χ1v) is 11.5. The van der Waals surface area contributed by atoms with Crippen LogP contribution in [-0.4, -0.2) is 33.9 Å². The summed E-state index contributed by atoms with van der Waals surface area (Å²) in [6.07, 6.45) is 0. The smallest absolute Gasteiger partial charge is 0.276 e. The molecule has 33 heavy (non-hydrogen) atoms. The number of hydrogen-bond donors (Lipinski definition) is 2. The number of aryl methyl sites for hydroxylation is 2. The number of nitrogens with zero attached hydrogens (tertiary/aromatic N) is 1. The Kier molecular flexibility index (Phi) is 7.34. The first-order valence-electron chi connectivity index (χ1n) is 10.1. The summed E-state index contributed by atoms with van der Waals surface area (Å²) >= 11 is 0. The monoisotopic (exact) mass is 467 g/mol. The molecule has 2 N–H and O–H groups in total. The van der Waals surface area contributed by atoms with Crippen LogP contribution in [0.3, 0.4) is 0 Å². The van der Waals surface area contributed by atoms with Crippen LogP contribution < -0.4 is 19.9 Å².